The van der Waals surface area contributed by atoms with E-state index < -0.39 is 0 Å². The average Bonchev–Trinajstić information content (AvgIpc) is 2.07. The molecule has 2 heteroatoms. The Labute approximate surface area is 76.5 Å². The smallest absolute Gasteiger partial charge is 0.0353 e. The summed E-state index contributed by atoms with van der Waals surface area (Å²) in [4.78, 5) is 5.16. The second-order valence-corrected chi connectivity index (χ2v) is 3.74. The number of hydrogen-bond donors (Lipinski definition) is 0. The Kier molecular flexibility index (Phi) is 3.53. The first-order chi connectivity index (χ1) is 5.77. The molecule has 3 aliphatic rings. The molecule has 0 radical (unpaired) electrons. The normalized spacial score (nSPS) is 33.8. The molecule has 3 saturated heterocycles. The minimum absolute atomic E-state index is 0.757. The van der Waals surface area contributed by atoms with Gasteiger partial charge in [-0.05, 0) is 13.8 Å². The van der Waals surface area contributed by atoms with Gasteiger partial charge in [0.1, 0.15) is 0 Å². The number of hydrogen-bond acceptors (Lipinski definition) is 2. The fourth-order valence-electron chi connectivity index (χ4n) is 2.05. The minimum atomic E-state index is 0.757. The summed E-state index contributed by atoms with van der Waals surface area (Å²) >= 11 is 0. The van der Waals surface area contributed by atoms with Crippen LogP contribution in [-0.2, 0) is 0 Å². The van der Waals surface area contributed by atoms with Gasteiger partial charge in [0, 0.05) is 38.3 Å². The van der Waals surface area contributed by atoms with E-state index in [9.17, 15) is 0 Å². The van der Waals surface area contributed by atoms with Gasteiger partial charge in [0.2, 0.25) is 0 Å². The second-order valence-electron chi connectivity index (χ2n) is 3.74. The van der Waals surface area contributed by atoms with E-state index in [4.69, 9.17) is 0 Å². The molecule has 0 amide bonds. The highest BCUT2D eigenvalue weighted by molar-refractivity contribution is 4.94. The fraction of sp³-hybridized carbons (Fsp3) is 1.00. The van der Waals surface area contributed by atoms with Gasteiger partial charge in [0.05, 0.1) is 0 Å². The lowest BCUT2D eigenvalue weighted by atomic mass is 10.0. The van der Waals surface area contributed by atoms with Crippen LogP contribution in [0.3, 0.4) is 0 Å². The van der Waals surface area contributed by atoms with Gasteiger partial charge >= 0.3 is 0 Å². The second kappa shape index (κ2) is 4.24. The Balaban J connectivity index is 0.000000336. The molecular formula is C10H22N2. The van der Waals surface area contributed by atoms with Crippen LogP contribution in [-0.4, -0.2) is 48.1 Å². The van der Waals surface area contributed by atoms with Crippen molar-refractivity contribution in [1.29, 1.82) is 0 Å². The third-order valence-corrected chi connectivity index (χ3v) is 2.74. The van der Waals surface area contributed by atoms with Crippen LogP contribution in [0.2, 0.25) is 0 Å². The molecule has 3 heterocycles. The molecule has 12 heavy (non-hydrogen) atoms. The summed E-state index contributed by atoms with van der Waals surface area (Å²) in [7, 11) is 0. The van der Waals surface area contributed by atoms with E-state index in [0.29, 0.717) is 0 Å². The SMILES string of the molecule is CC.CC(C)N1CCN2CC1C2. The average molecular weight is 170 g/mol. The minimum Gasteiger partial charge on any atom is -0.299 e. The van der Waals surface area contributed by atoms with Crippen LogP contribution in [0, 0.1) is 0 Å². The van der Waals surface area contributed by atoms with Gasteiger partial charge in [-0.25, -0.2) is 0 Å². The fourth-order valence-corrected chi connectivity index (χ4v) is 2.05. The van der Waals surface area contributed by atoms with Crippen molar-refractivity contribution in [2.75, 3.05) is 26.2 Å². The topological polar surface area (TPSA) is 6.48 Å². The van der Waals surface area contributed by atoms with Gasteiger partial charge in [-0.2, -0.15) is 0 Å². The molecule has 0 spiro atoms. The van der Waals surface area contributed by atoms with Crippen molar-refractivity contribution in [3.8, 4) is 0 Å². The summed E-state index contributed by atoms with van der Waals surface area (Å²) in [5, 5.41) is 0. The predicted molar refractivity (Wildman–Crippen MR) is 53.4 cm³/mol. The van der Waals surface area contributed by atoms with Crippen LogP contribution in [0.25, 0.3) is 0 Å². The van der Waals surface area contributed by atoms with Crippen molar-refractivity contribution in [3.63, 3.8) is 0 Å². The summed E-state index contributed by atoms with van der Waals surface area (Å²) in [6, 6.07) is 1.65. The first-order valence-corrected chi connectivity index (χ1v) is 5.25. The van der Waals surface area contributed by atoms with Gasteiger partial charge < -0.3 is 0 Å². The highest BCUT2D eigenvalue weighted by atomic mass is 15.4. The van der Waals surface area contributed by atoms with Crippen molar-refractivity contribution in [1.82, 2.24) is 9.80 Å². The molecule has 0 aromatic heterocycles. The third kappa shape index (κ3) is 1.80. The lowest BCUT2D eigenvalue weighted by Crippen LogP contribution is -2.67. The standard InChI is InChI=1S/C8H16N2.C2H6/c1-7(2)10-4-3-9-5-8(10)6-9;1-2/h7-8H,3-6H2,1-2H3;1-2H3. The van der Waals surface area contributed by atoms with Crippen molar-refractivity contribution < 1.29 is 0 Å². The summed E-state index contributed by atoms with van der Waals surface area (Å²) in [5.41, 5.74) is 0. The predicted octanol–water partition coefficient (Wildman–Crippen LogP) is 1.42. The Morgan fingerprint density at radius 2 is 1.67 bits per heavy atom. The molecule has 0 unspecified atom stereocenters. The molecule has 3 rings (SSSR count). The van der Waals surface area contributed by atoms with Gasteiger partial charge in [0.25, 0.3) is 0 Å². The van der Waals surface area contributed by atoms with Gasteiger partial charge in [-0.1, -0.05) is 13.8 Å². The number of fused-ring (bicyclic) bond motifs is 2. The molecule has 0 aromatic carbocycles. The number of rotatable bonds is 1. The Morgan fingerprint density at radius 1 is 1.08 bits per heavy atom. The van der Waals surface area contributed by atoms with Gasteiger partial charge in [-0.3, -0.25) is 9.80 Å². The molecule has 0 aliphatic carbocycles. The van der Waals surface area contributed by atoms with Crippen LogP contribution in [0.1, 0.15) is 27.7 Å². The lowest BCUT2D eigenvalue weighted by molar-refractivity contribution is -0.0410. The quantitative estimate of drug-likeness (QED) is 0.587. The van der Waals surface area contributed by atoms with Crippen LogP contribution in [0.15, 0.2) is 0 Å². The van der Waals surface area contributed by atoms with E-state index in [1.165, 1.54) is 26.2 Å². The van der Waals surface area contributed by atoms with E-state index >= 15 is 0 Å². The van der Waals surface area contributed by atoms with Crippen LogP contribution in [0.5, 0.6) is 0 Å². The highest BCUT2D eigenvalue weighted by Crippen LogP contribution is 2.21. The van der Waals surface area contributed by atoms with E-state index in [0.717, 1.165) is 12.1 Å². The molecule has 72 valence electrons. The molecule has 0 N–H and O–H groups in total. The van der Waals surface area contributed by atoms with E-state index in [-0.39, 0.29) is 0 Å². The molecule has 3 aliphatic heterocycles. The number of nitrogens with zero attached hydrogens (tertiary/aromatic N) is 2. The Morgan fingerprint density at radius 3 is 1.92 bits per heavy atom. The first kappa shape index (κ1) is 10.0. The van der Waals surface area contributed by atoms with E-state index in [1.54, 1.807) is 0 Å². The summed E-state index contributed by atoms with van der Waals surface area (Å²) in [6.07, 6.45) is 0. The van der Waals surface area contributed by atoms with Crippen molar-refractivity contribution in [2.24, 2.45) is 0 Å². The molecular weight excluding hydrogens is 148 g/mol. The van der Waals surface area contributed by atoms with Crippen LogP contribution < -0.4 is 0 Å². The largest absolute Gasteiger partial charge is 0.299 e. The third-order valence-electron chi connectivity index (χ3n) is 2.74. The van der Waals surface area contributed by atoms with Gasteiger partial charge in [0.15, 0.2) is 0 Å². The maximum atomic E-state index is 2.62. The Bertz CT molecular complexity index is 125. The molecule has 2 bridgehead atoms. The number of piperazine rings is 2. The van der Waals surface area contributed by atoms with Crippen LogP contribution in [0.4, 0.5) is 0 Å². The maximum absolute atomic E-state index is 2.62. The van der Waals surface area contributed by atoms with Crippen LogP contribution >= 0.6 is 0 Å². The molecule has 0 aromatic rings. The van der Waals surface area contributed by atoms with Crippen molar-refractivity contribution >= 4 is 0 Å². The summed E-state index contributed by atoms with van der Waals surface area (Å²) in [6.45, 7) is 13.9. The molecule has 0 atom stereocenters. The van der Waals surface area contributed by atoms with Crippen molar-refractivity contribution in [3.05, 3.63) is 0 Å². The summed E-state index contributed by atoms with van der Waals surface area (Å²) in [5.74, 6) is 0. The molecule has 3 fully saturated rings. The van der Waals surface area contributed by atoms with E-state index in [1.807, 2.05) is 13.8 Å². The zero-order valence-electron chi connectivity index (χ0n) is 8.88. The molecule has 0 saturated carbocycles. The van der Waals surface area contributed by atoms with Crippen molar-refractivity contribution in [2.45, 2.75) is 39.8 Å². The molecule has 2 nitrogen and oxygen atoms in total. The Hall–Kier alpha value is -0.0800. The van der Waals surface area contributed by atoms with E-state index in [2.05, 4.69) is 23.6 Å². The zero-order valence-corrected chi connectivity index (χ0v) is 8.88. The highest BCUT2D eigenvalue weighted by Gasteiger charge is 2.37. The first-order valence-electron chi connectivity index (χ1n) is 5.25. The maximum Gasteiger partial charge on any atom is 0.0353 e. The lowest BCUT2D eigenvalue weighted by Gasteiger charge is -2.53. The monoisotopic (exact) mass is 170 g/mol. The van der Waals surface area contributed by atoms with Gasteiger partial charge in [-0.15, -0.1) is 0 Å². The zero-order chi connectivity index (χ0) is 9.14. The summed E-state index contributed by atoms with van der Waals surface area (Å²) < 4.78 is 0.